The van der Waals surface area contributed by atoms with Crippen molar-refractivity contribution in [2.24, 2.45) is 0 Å². The first-order chi connectivity index (χ1) is 10.7. The largest absolute Gasteiger partial charge is 0.453 e. The van der Waals surface area contributed by atoms with Crippen molar-refractivity contribution < 1.29 is 13.9 Å². The van der Waals surface area contributed by atoms with Crippen molar-refractivity contribution in [1.29, 1.82) is 0 Å². The quantitative estimate of drug-likeness (QED) is 0.676. The van der Waals surface area contributed by atoms with Crippen molar-refractivity contribution in [2.45, 2.75) is 26.5 Å². The Balaban J connectivity index is 1.71. The summed E-state index contributed by atoms with van der Waals surface area (Å²) in [7, 11) is 0. The van der Waals surface area contributed by atoms with E-state index in [1.165, 1.54) is 23.5 Å². The van der Waals surface area contributed by atoms with Crippen molar-refractivity contribution in [2.75, 3.05) is 0 Å². The Bertz CT molecular complexity index is 814. The van der Waals surface area contributed by atoms with Crippen LogP contribution in [0.4, 0.5) is 4.39 Å². The average molecular weight is 320 g/mol. The summed E-state index contributed by atoms with van der Waals surface area (Å²) in [5.74, 6) is -0.289. The second-order valence-corrected chi connectivity index (χ2v) is 5.77. The predicted octanol–water partition coefficient (Wildman–Crippen LogP) is 2.79. The molecular formula is C14H13FN4O2S. The molecule has 0 unspecified atom stereocenters. The third kappa shape index (κ3) is 2.96. The van der Waals surface area contributed by atoms with Gasteiger partial charge in [-0.15, -0.1) is 16.4 Å². The lowest BCUT2D eigenvalue weighted by Crippen LogP contribution is -2.10. The fourth-order valence-electron chi connectivity index (χ4n) is 2.02. The van der Waals surface area contributed by atoms with Gasteiger partial charge in [0.1, 0.15) is 10.7 Å². The second kappa shape index (κ2) is 6.18. The molecule has 0 spiro atoms. The Morgan fingerprint density at radius 1 is 1.41 bits per heavy atom. The number of aromatic nitrogens is 4. The minimum absolute atomic E-state index is 0.00837. The molecule has 2 aromatic heterocycles. The third-order valence-corrected chi connectivity index (χ3v) is 4.14. The van der Waals surface area contributed by atoms with Gasteiger partial charge in [0.05, 0.1) is 0 Å². The summed E-state index contributed by atoms with van der Waals surface area (Å²) in [6, 6.07) is 6.10. The van der Waals surface area contributed by atoms with E-state index in [1.807, 2.05) is 6.92 Å². The number of rotatable bonds is 5. The van der Waals surface area contributed by atoms with Gasteiger partial charge in [-0.1, -0.05) is 13.0 Å². The standard InChI is InChI=1S/C14H13FN4O2S/c1-2-5-19-13(16-17-18-19)8-21-14(20)12-6-9-3-4-10(15)7-11(9)22-12/h3-4,6-7H,2,5,8H2,1H3. The van der Waals surface area contributed by atoms with E-state index in [9.17, 15) is 9.18 Å². The van der Waals surface area contributed by atoms with Crippen LogP contribution < -0.4 is 0 Å². The fourth-order valence-corrected chi connectivity index (χ4v) is 3.00. The lowest BCUT2D eigenvalue weighted by Gasteiger charge is -2.03. The predicted molar refractivity (Wildman–Crippen MR) is 79.0 cm³/mol. The normalized spacial score (nSPS) is 11.0. The van der Waals surface area contributed by atoms with Crippen LogP contribution in [-0.4, -0.2) is 26.2 Å². The molecule has 3 rings (SSSR count). The molecule has 8 heteroatoms. The Hall–Kier alpha value is -2.35. The number of hydrogen-bond donors (Lipinski definition) is 0. The third-order valence-electron chi connectivity index (χ3n) is 3.06. The first kappa shape index (κ1) is 14.6. The van der Waals surface area contributed by atoms with Crippen LogP contribution in [0, 0.1) is 5.82 Å². The number of tetrazole rings is 1. The first-order valence-electron chi connectivity index (χ1n) is 6.78. The first-order valence-corrected chi connectivity index (χ1v) is 7.60. The zero-order valence-corrected chi connectivity index (χ0v) is 12.6. The molecule has 0 aliphatic heterocycles. The van der Waals surface area contributed by atoms with E-state index in [-0.39, 0.29) is 12.4 Å². The SMILES string of the molecule is CCCn1nnnc1COC(=O)c1cc2ccc(F)cc2s1. The van der Waals surface area contributed by atoms with E-state index in [2.05, 4.69) is 15.5 Å². The number of carbonyl (C=O) groups excluding carboxylic acids is 1. The lowest BCUT2D eigenvalue weighted by atomic mass is 10.2. The Kier molecular flexibility index (Phi) is 4.10. The molecule has 0 saturated carbocycles. The van der Waals surface area contributed by atoms with Crippen LogP contribution in [-0.2, 0) is 17.9 Å². The lowest BCUT2D eigenvalue weighted by molar-refractivity contribution is 0.0462. The molecular weight excluding hydrogens is 307 g/mol. The maximum absolute atomic E-state index is 13.2. The second-order valence-electron chi connectivity index (χ2n) is 4.69. The summed E-state index contributed by atoms with van der Waals surface area (Å²) in [6.45, 7) is 2.68. The maximum Gasteiger partial charge on any atom is 0.348 e. The molecule has 22 heavy (non-hydrogen) atoms. The highest BCUT2D eigenvalue weighted by atomic mass is 32.1. The van der Waals surface area contributed by atoms with Gasteiger partial charge in [0, 0.05) is 11.2 Å². The zero-order chi connectivity index (χ0) is 15.5. The van der Waals surface area contributed by atoms with E-state index in [0.29, 0.717) is 21.9 Å². The average Bonchev–Trinajstić information content (AvgIpc) is 3.11. The summed E-state index contributed by atoms with van der Waals surface area (Å²) in [4.78, 5) is 12.5. The Labute approximate surface area is 129 Å². The molecule has 0 aliphatic rings. The number of fused-ring (bicyclic) bond motifs is 1. The van der Waals surface area contributed by atoms with Crippen LogP contribution >= 0.6 is 11.3 Å². The van der Waals surface area contributed by atoms with Gasteiger partial charge in [-0.3, -0.25) is 0 Å². The number of thiophene rings is 1. The monoisotopic (exact) mass is 320 g/mol. The van der Waals surface area contributed by atoms with Gasteiger partial charge in [-0.25, -0.2) is 13.9 Å². The molecule has 0 saturated heterocycles. The highest BCUT2D eigenvalue weighted by Crippen LogP contribution is 2.27. The number of esters is 1. The summed E-state index contributed by atoms with van der Waals surface area (Å²) in [6.07, 6.45) is 0.883. The van der Waals surface area contributed by atoms with Crippen molar-refractivity contribution in [1.82, 2.24) is 20.2 Å². The minimum Gasteiger partial charge on any atom is -0.453 e. The Morgan fingerprint density at radius 3 is 3.09 bits per heavy atom. The number of hydrogen-bond acceptors (Lipinski definition) is 6. The molecule has 0 bridgehead atoms. The van der Waals surface area contributed by atoms with Crippen LogP contribution in [0.25, 0.3) is 10.1 Å². The van der Waals surface area contributed by atoms with Crippen LogP contribution in [0.5, 0.6) is 0 Å². The molecule has 0 fully saturated rings. The molecule has 114 valence electrons. The summed E-state index contributed by atoms with van der Waals surface area (Å²) < 4.78 is 20.7. The van der Waals surface area contributed by atoms with Gasteiger partial charge in [0.25, 0.3) is 0 Å². The molecule has 2 heterocycles. The van der Waals surface area contributed by atoms with Gasteiger partial charge in [-0.05, 0) is 40.4 Å². The Morgan fingerprint density at radius 2 is 2.27 bits per heavy atom. The molecule has 6 nitrogen and oxygen atoms in total. The summed E-state index contributed by atoms with van der Waals surface area (Å²) >= 11 is 1.20. The van der Waals surface area contributed by atoms with Gasteiger partial charge in [0.2, 0.25) is 0 Å². The topological polar surface area (TPSA) is 69.9 Å². The van der Waals surface area contributed by atoms with Gasteiger partial charge < -0.3 is 4.74 Å². The van der Waals surface area contributed by atoms with Crippen LogP contribution in [0.1, 0.15) is 28.8 Å². The van der Waals surface area contributed by atoms with E-state index in [0.717, 1.165) is 11.8 Å². The number of halogens is 1. The zero-order valence-electron chi connectivity index (χ0n) is 11.8. The number of carbonyl (C=O) groups is 1. The molecule has 0 atom stereocenters. The van der Waals surface area contributed by atoms with E-state index in [4.69, 9.17) is 4.74 Å². The fraction of sp³-hybridized carbons (Fsp3) is 0.286. The van der Waals surface area contributed by atoms with Crippen LogP contribution in [0.2, 0.25) is 0 Å². The minimum atomic E-state index is -0.465. The van der Waals surface area contributed by atoms with Crippen LogP contribution in [0.15, 0.2) is 24.3 Å². The highest BCUT2D eigenvalue weighted by Gasteiger charge is 2.14. The van der Waals surface area contributed by atoms with Crippen molar-refractivity contribution in [3.05, 3.63) is 40.8 Å². The van der Waals surface area contributed by atoms with E-state index >= 15 is 0 Å². The smallest absolute Gasteiger partial charge is 0.348 e. The van der Waals surface area contributed by atoms with E-state index < -0.39 is 5.97 Å². The summed E-state index contributed by atoms with van der Waals surface area (Å²) in [5.41, 5.74) is 0. The van der Waals surface area contributed by atoms with E-state index in [1.54, 1.807) is 16.8 Å². The van der Waals surface area contributed by atoms with Crippen molar-refractivity contribution in [3.63, 3.8) is 0 Å². The molecule has 3 aromatic rings. The number of nitrogens with zero attached hydrogens (tertiary/aromatic N) is 4. The van der Waals surface area contributed by atoms with Gasteiger partial charge in [0.15, 0.2) is 12.4 Å². The molecule has 0 amide bonds. The highest BCUT2D eigenvalue weighted by molar-refractivity contribution is 7.20. The maximum atomic E-state index is 13.2. The van der Waals surface area contributed by atoms with Crippen LogP contribution in [0.3, 0.4) is 0 Å². The molecule has 0 aliphatic carbocycles. The molecule has 0 radical (unpaired) electrons. The number of aryl methyl sites for hydroxylation is 1. The van der Waals surface area contributed by atoms with Gasteiger partial charge >= 0.3 is 5.97 Å². The summed E-state index contributed by atoms with van der Waals surface area (Å²) in [5, 5.41) is 12.0. The number of ether oxygens (including phenoxy) is 1. The molecule has 0 N–H and O–H groups in total. The van der Waals surface area contributed by atoms with Crippen molar-refractivity contribution >= 4 is 27.4 Å². The number of benzene rings is 1. The van der Waals surface area contributed by atoms with Gasteiger partial charge in [-0.2, -0.15) is 0 Å². The molecule has 1 aromatic carbocycles. The van der Waals surface area contributed by atoms with Crippen molar-refractivity contribution in [3.8, 4) is 0 Å².